The van der Waals surface area contributed by atoms with Crippen molar-refractivity contribution in [2.24, 2.45) is 0 Å². The highest BCUT2D eigenvalue weighted by Crippen LogP contribution is 2.51. The van der Waals surface area contributed by atoms with Crippen LogP contribution in [0.25, 0.3) is 120 Å². The van der Waals surface area contributed by atoms with E-state index in [9.17, 15) is 5.48 Å². The molecule has 12 rings (SSSR count). The first kappa shape index (κ1) is 23.4. The summed E-state index contributed by atoms with van der Waals surface area (Å²) in [5, 5.41) is 7.46. The maximum atomic E-state index is 9.80. The summed E-state index contributed by atoms with van der Waals surface area (Å²) < 4.78 is 82.4. The van der Waals surface area contributed by atoms with Crippen LogP contribution in [0, 0.1) is 0 Å². The lowest BCUT2D eigenvalue weighted by molar-refractivity contribution is 0.669. The van der Waals surface area contributed by atoms with E-state index in [1.165, 1.54) is 0 Å². The second kappa shape index (κ2) is 11.6. The van der Waals surface area contributed by atoms with Gasteiger partial charge in [0.05, 0.1) is 11.0 Å². The summed E-state index contributed by atoms with van der Waals surface area (Å²) >= 11 is 0. The summed E-state index contributed by atoms with van der Waals surface area (Å²) in [4.78, 5) is 0. The summed E-state index contributed by atoms with van der Waals surface area (Å²) in [5.41, 5.74) is 6.75. The predicted octanol–water partition coefficient (Wildman–Crippen LogP) is 15.5. The van der Waals surface area contributed by atoms with Gasteiger partial charge in [0.2, 0.25) is 0 Å². The molecular formula is C54H32O. The smallest absolute Gasteiger partial charge is 0.136 e. The first-order chi connectivity index (χ1) is 30.6. The minimum atomic E-state index is -0.444. The fourth-order valence-electron chi connectivity index (χ4n) is 8.85. The van der Waals surface area contributed by atoms with Crippen LogP contribution in [0.1, 0.15) is 11.0 Å². The summed E-state index contributed by atoms with van der Waals surface area (Å²) in [6, 6.07) is 44.9. The quantitative estimate of drug-likeness (QED) is 0.131. The van der Waals surface area contributed by atoms with Gasteiger partial charge in [-0.3, -0.25) is 0 Å². The number of rotatable bonds is 4. The van der Waals surface area contributed by atoms with Crippen molar-refractivity contribution in [3.05, 3.63) is 194 Å². The van der Waals surface area contributed by atoms with Gasteiger partial charge < -0.3 is 4.42 Å². The average molecular weight is 705 g/mol. The van der Waals surface area contributed by atoms with E-state index < -0.39 is 24.2 Å². The molecule has 1 heterocycles. The van der Waals surface area contributed by atoms with Crippen molar-refractivity contribution in [2.75, 3.05) is 0 Å². The lowest BCUT2D eigenvalue weighted by atomic mass is 9.82. The predicted molar refractivity (Wildman–Crippen MR) is 234 cm³/mol. The zero-order valence-corrected chi connectivity index (χ0v) is 29.3. The van der Waals surface area contributed by atoms with E-state index >= 15 is 0 Å². The Bertz CT molecular complexity index is 3850. The van der Waals surface area contributed by atoms with Crippen LogP contribution in [0.4, 0.5) is 0 Å². The standard InChI is InChI=1S/C54H32O/c1-3-14-33(15-4-1)37-28-39-30-46(47-29-38(34-16-5-2-6-17-34)32-49-54(47)51(39)48(31-37)55-49)53-43-23-11-9-21-41(43)52(42-22-10-12-24-44(42)53)45-25-13-19-36-27-26-35-18-7-8-20-40(35)50(36)45/h1-32H/i9D,10D,11D,12D,21D,22D,23D,24D. The molecule has 0 amide bonds. The van der Waals surface area contributed by atoms with Crippen LogP contribution in [0.3, 0.4) is 0 Å². The normalized spacial score (nSPS) is 14.0. The van der Waals surface area contributed by atoms with Crippen molar-refractivity contribution in [3.8, 4) is 44.5 Å². The maximum absolute atomic E-state index is 9.80. The lowest BCUT2D eigenvalue weighted by Gasteiger charge is -2.21. The third-order valence-corrected chi connectivity index (χ3v) is 11.2. The number of benzene rings is 11. The molecule has 11 aromatic carbocycles. The van der Waals surface area contributed by atoms with Crippen molar-refractivity contribution < 1.29 is 15.4 Å². The van der Waals surface area contributed by atoms with Crippen molar-refractivity contribution >= 4 is 75.8 Å². The summed E-state index contributed by atoms with van der Waals surface area (Å²) in [6.07, 6.45) is 0. The Kier molecular flexibility index (Phi) is 4.96. The molecule has 254 valence electrons. The number of fused-ring (bicyclic) bond motifs is 5. The molecular weight excluding hydrogens is 665 g/mol. The first-order valence-electron chi connectivity index (χ1n) is 22.3. The van der Waals surface area contributed by atoms with Crippen LogP contribution < -0.4 is 0 Å². The molecule has 1 heteroatoms. The molecule has 1 nitrogen and oxygen atoms in total. The third-order valence-electron chi connectivity index (χ3n) is 11.2. The highest BCUT2D eigenvalue weighted by atomic mass is 16.3. The fraction of sp³-hybridized carbons (Fsp3) is 0. The van der Waals surface area contributed by atoms with E-state index in [2.05, 4.69) is 12.1 Å². The van der Waals surface area contributed by atoms with Gasteiger partial charge >= 0.3 is 0 Å². The van der Waals surface area contributed by atoms with Crippen LogP contribution in [0.2, 0.25) is 0 Å². The van der Waals surface area contributed by atoms with E-state index in [-0.39, 0.29) is 45.7 Å². The zero-order chi connectivity index (χ0) is 43.0. The Balaban J connectivity index is 1.36. The van der Waals surface area contributed by atoms with Crippen molar-refractivity contribution in [2.45, 2.75) is 0 Å². The Hall–Kier alpha value is -7.22. The van der Waals surface area contributed by atoms with Crippen molar-refractivity contribution in [1.82, 2.24) is 0 Å². The van der Waals surface area contributed by atoms with Crippen molar-refractivity contribution in [1.29, 1.82) is 0 Å². The third kappa shape index (κ3) is 4.48. The van der Waals surface area contributed by atoms with Gasteiger partial charge in [0.25, 0.3) is 0 Å². The Morgan fingerprint density at radius 1 is 0.327 bits per heavy atom. The molecule has 0 bridgehead atoms. The van der Waals surface area contributed by atoms with Gasteiger partial charge in [0.15, 0.2) is 0 Å². The van der Waals surface area contributed by atoms with Gasteiger partial charge in [0, 0.05) is 10.8 Å². The monoisotopic (exact) mass is 704 g/mol. The summed E-state index contributed by atoms with van der Waals surface area (Å²) in [5.74, 6) is 0. The fourth-order valence-corrected chi connectivity index (χ4v) is 8.85. The topological polar surface area (TPSA) is 13.1 Å². The molecule has 0 aliphatic carbocycles. The highest BCUT2D eigenvalue weighted by molar-refractivity contribution is 6.32. The summed E-state index contributed by atoms with van der Waals surface area (Å²) in [7, 11) is 0. The van der Waals surface area contributed by atoms with Gasteiger partial charge in [-0.25, -0.2) is 0 Å². The Morgan fingerprint density at radius 3 is 1.55 bits per heavy atom. The summed E-state index contributed by atoms with van der Waals surface area (Å²) in [6.45, 7) is 0. The minimum absolute atomic E-state index is 0.165. The SMILES string of the molecule is [2H]c1c([2H])c([2H])c2c(-c3cccc4ccc5ccccc5c34)c3c([2H])c([2H])c([2H])c([2H])c3c(-c3cc4cc(-c5ccccc5)cc5oc6cc(-c7ccccc7)cc3c6c45)c2c1[2H]. The molecule has 55 heavy (non-hydrogen) atoms. The van der Waals surface area contributed by atoms with Crippen molar-refractivity contribution in [3.63, 3.8) is 0 Å². The molecule has 0 aliphatic rings. The van der Waals surface area contributed by atoms with E-state index in [0.29, 0.717) is 33.4 Å². The van der Waals surface area contributed by atoms with E-state index in [1.807, 2.05) is 133 Å². The molecule has 0 saturated carbocycles. The molecule has 0 saturated heterocycles. The van der Waals surface area contributed by atoms with Crippen LogP contribution >= 0.6 is 0 Å². The van der Waals surface area contributed by atoms with E-state index in [4.69, 9.17) is 9.90 Å². The number of furan rings is 1. The van der Waals surface area contributed by atoms with Crippen LogP contribution in [0.5, 0.6) is 0 Å². The highest BCUT2D eigenvalue weighted by Gasteiger charge is 2.24. The van der Waals surface area contributed by atoms with Crippen LogP contribution in [-0.2, 0) is 0 Å². The van der Waals surface area contributed by atoms with Crippen LogP contribution in [0.15, 0.2) is 198 Å². The molecule has 1 aromatic heterocycles. The second-order valence-electron chi connectivity index (χ2n) is 14.2. The van der Waals surface area contributed by atoms with Gasteiger partial charge in [-0.15, -0.1) is 0 Å². The molecule has 0 spiro atoms. The van der Waals surface area contributed by atoms with E-state index in [0.717, 1.165) is 65.3 Å². The molecule has 0 atom stereocenters. The largest absolute Gasteiger partial charge is 0.456 e. The van der Waals surface area contributed by atoms with Gasteiger partial charge in [-0.1, -0.05) is 164 Å². The number of hydrogen-bond donors (Lipinski definition) is 0. The average Bonchev–Trinajstić information content (AvgIpc) is 3.71. The maximum Gasteiger partial charge on any atom is 0.136 e. The molecule has 0 unspecified atom stereocenters. The molecule has 0 N–H and O–H groups in total. The van der Waals surface area contributed by atoms with Gasteiger partial charge in [0.1, 0.15) is 11.2 Å². The molecule has 12 aromatic rings. The number of hydrogen-bond acceptors (Lipinski definition) is 1. The molecule has 0 aliphatic heterocycles. The molecule has 0 fully saturated rings. The van der Waals surface area contributed by atoms with Gasteiger partial charge in [-0.2, -0.15) is 0 Å². The Morgan fingerprint density at radius 2 is 0.873 bits per heavy atom. The van der Waals surface area contributed by atoms with E-state index in [1.54, 1.807) is 0 Å². The zero-order valence-electron chi connectivity index (χ0n) is 37.3. The van der Waals surface area contributed by atoms with Crippen LogP contribution in [-0.4, -0.2) is 0 Å². The molecule has 0 radical (unpaired) electrons. The lowest BCUT2D eigenvalue weighted by Crippen LogP contribution is -1.93. The van der Waals surface area contributed by atoms with Gasteiger partial charge in [-0.05, 0) is 129 Å². The Labute approximate surface area is 328 Å². The minimum Gasteiger partial charge on any atom is -0.456 e. The second-order valence-corrected chi connectivity index (χ2v) is 14.2. The first-order valence-corrected chi connectivity index (χ1v) is 18.3.